The molecule has 5 heteroatoms. The molecule has 5 nitrogen and oxygen atoms in total. The molecule has 24 heavy (non-hydrogen) atoms. The number of methoxy groups -OCH3 is 1. The zero-order valence-corrected chi connectivity index (χ0v) is 13.6. The first-order valence-electron chi connectivity index (χ1n) is 7.26. The Labute approximate surface area is 141 Å². The first-order chi connectivity index (χ1) is 11.6. The number of carbonyl (C=O) groups excluding carboxylic acids is 1. The maximum Gasteiger partial charge on any atom is 0.338 e. The molecule has 0 fully saturated rings. The van der Waals surface area contributed by atoms with Gasteiger partial charge in [-0.3, -0.25) is 0 Å². The molecule has 0 saturated heterocycles. The van der Waals surface area contributed by atoms with Crippen LogP contribution in [-0.2, 0) is 4.79 Å². The van der Waals surface area contributed by atoms with Crippen molar-refractivity contribution in [1.29, 1.82) is 0 Å². The Hall–Kier alpha value is -3.21. The zero-order chi connectivity index (χ0) is 17.4. The van der Waals surface area contributed by atoms with Crippen molar-refractivity contribution < 1.29 is 14.3 Å². The maximum absolute atomic E-state index is 11.4. The van der Waals surface area contributed by atoms with E-state index in [4.69, 9.17) is 9.47 Å². The predicted octanol–water partition coefficient (Wildman–Crippen LogP) is 3.63. The summed E-state index contributed by atoms with van der Waals surface area (Å²) >= 11 is 0. The van der Waals surface area contributed by atoms with Crippen LogP contribution in [0.5, 0.6) is 11.5 Å². The Morgan fingerprint density at radius 2 is 1.38 bits per heavy atom. The van der Waals surface area contributed by atoms with Gasteiger partial charge in [0.25, 0.3) is 0 Å². The van der Waals surface area contributed by atoms with E-state index in [1.165, 1.54) is 0 Å². The van der Waals surface area contributed by atoms with Gasteiger partial charge in [-0.2, -0.15) is 10.2 Å². The first kappa shape index (κ1) is 17.1. The minimum atomic E-state index is -0.444. The molecule has 0 saturated carbocycles. The standard InChI is InChI=1S/C19H18N2O3/c1-14(2)19(22)24-18-10-6-16(7-11-18)13-21-20-12-15-4-8-17(23-3)9-5-15/h4-13H,1H2,2-3H3/b20-12+,21-13+. The molecule has 0 aromatic heterocycles. The van der Waals surface area contributed by atoms with Gasteiger partial charge in [0.2, 0.25) is 0 Å². The second-order valence-electron chi connectivity index (χ2n) is 5.00. The molecule has 0 amide bonds. The Kier molecular flexibility index (Phi) is 6.02. The van der Waals surface area contributed by atoms with Gasteiger partial charge in [0.1, 0.15) is 11.5 Å². The molecule has 0 radical (unpaired) electrons. The van der Waals surface area contributed by atoms with E-state index in [1.807, 2.05) is 24.3 Å². The highest BCUT2D eigenvalue weighted by Crippen LogP contribution is 2.13. The number of nitrogens with zero attached hydrogens (tertiary/aromatic N) is 2. The van der Waals surface area contributed by atoms with Gasteiger partial charge in [-0.1, -0.05) is 6.58 Å². The summed E-state index contributed by atoms with van der Waals surface area (Å²) in [6.45, 7) is 5.14. The lowest BCUT2D eigenvalue weighted by Crippen LogP contribution is -2.07. The molecule has 0 aliphatic carbocycles. The third kappa shape index (κ3) is 5.21. The van der Waals surface area contributed by atoms with E-state index in [0.717, 1.165) is 16.9 Å². The molecule has 122 valence electrons. The van der Waals surface area contributed by atoms with Crippen molar-refractivity contribution in [3.63, 3.8) is 0 Å². The van der Waals surface area contributed by atoms with E-state index < -0.39 is 5.97 Å². The van der Waals surface area contributed by atoms with Crippen LogP contribution in [0.3, 0.4) is 0 Å². The molecule has 0 N–H and O–H groups in total. The minimum absolute atomic E-state index is 0.355. The van der Waals surface area contributed by atoms with E-state index in [0.29, 0.717) is 11.3 Å². The van der Waals surface area contributed by atoms with Crippen LogP contribution in [0.25, 0.3) is 0 Å². The molecular weight excluding hydrogens is 304 g/mol. The van der Waals surface area contributed by atoms with E-state index >= 15 is 0 Å². The van der Waals surface area contributed by atoms with E-state index in [2.05, 4.69) is 16.8 Å². The summed E-state index contributed by atoms with van der Waals surface area (Å²) in [4.78, 5) is 11.4. The third-order valence-corrected chi connectivity index (χ3v) is 3.04. The smallest absolute Gasteiger partial charge is 0.338 e. The normalized spacial score (nSPS) is 10.9. The van der Waals surface area contributed by atoms with Crippen molar-refractivity contribution in [2.24, 2.45) is 10.2 Å². The lowest BCUT2D eigenvalue weighted by atomic mass is 10.2. The van der Waals surface area contributed by atoms with Crippen LogP contribution in [0.4, 0.5) is 0 Å². The van der Waals surface area contributed by atoms with Crippen molar-refractivity contribution in [3.05, 3.63) is 71.8 Å². The minimum Gasteiger partial charge on any atom is -0.497 e. The van der Waals surface area contributed by atoms with Gasteiger partial charge in [0.15, 0.2) is 0 Å². The molecule has 0 bridgehead atoms. The van der Waals surface area contributed by atoms with Crippen LogP contribution in [0.1, 0.15) is 18.1 Å². The van der Waals surface area contributed by atoms with Crippen molar-refractivity contribution in [3.8, 4) is 11.5 Å². The predicted molar refractivity (Wildman–Crippen MR) is 95.1 cm³/mol. The Balaban J connectivity index is 1.92. The van der Waals surface area contributed by atoms with Gasteiger partial charge in [0, 0.05) is 5.57 Å². The van der Waals surface area contributed by atoms with Gasteiger partial charge in [-0.25, -0.2) is 4.79 Å². The lowest BCUT2D eigenvalue weighted by molar-refractivity contribution is -0.130. The van der Waals surface area contributed by atoms with Gasteiger partial charge in [0.05, 0.1) is 19.5 Å². The average Bonchev–Trinajstić information content (AvgIpc) is 2.60. The van der Waals surface area contributed by atoms with Gasteiger partial charge in [-0.05, 0) is 66.6 Å². The van der Waals surface area contributed by atoms with Crippen LogP contribution >= 0.6 is 0 Å². The highest BCUT2D eigenvalue weighted by molar-refractivity contribution is 5.89. The fourth-order valence-corrected chi connectivity index (χ4v) is 1.71. The number of carbonyl (C=O) groups is 1. The van der Waals surface area contributed by atoms with Crippen molar-refractivity contribution in [2.45, 2.75) is 6.92 Å². The largest absolute Gasteiger partial charge is 0.497 e. The van der Waals surface area contributed by atoms with Crippen LogP contribution in [0, 0.1) is 0 Å². The van der Waals surface area contributed by atoms with Crippen molar-refractivity contribution >= 4 is 18.4 Å². The SMILES string of the molecule is C=C(C)C(=O)Oc1ccc(/C=N/N=C/c2ccc(OC)cc2)cc1. The quantitative estimate of drug-likeness (QED) is 0.268. The molecule has 2 rings (SSSR count). The molecule has 0 heterocycles. The number of esters is 1. The lowest BCUT2D eigenvalue weighted by Gasteiger charge is -2.03. The maximum atomic E-state index is 11.4. The summed E-state index contributed by atoms with van der Waals surface area (Å²) < 4.78 is 10.2. The average molecular weight is 322 g/mol. The second-order valence-corrected chi connectivity index (χ2v) is 5.00. The monoisotopic (exact) mass is 322 g/mol. The van der Waals surface area contributed by atoms with E-state index in [-0.39, 0.29) is 0 Å². The number of benzene rings is 2. The molecule has 0 aliphatic heterocycles. The summed E-state index contributed by atoms with van der Waals surface area (Å²) in [7, 11) is 1.62. The van der Waals surface area contributed by atoms with Gasteiger partial charge in [-0.15, -0.1) is 0 Å². The van der Waals surface area contributed by atoms with Crippen molar-refractivity contribution in [1.82, 2.24) is 0 Å². The molecule has 2 aromatic carbocycles. The number of ether oxygens (including phenoxy) is 2. The molecule has 0 aliphatic rings. The number of rotatable bonds is 6. The number of hydrogen-bond donors (Lipinski definition) is 0. The molecular formula is C19H18N2O3. The topological polar surface area (TPSA) is 60.2 Å². The Bertz CT molecular complexity index is 760. The fraction of sp³-hybridized carbons (Fsp3) is 0.105. The highest BCUT2D eigenvalue weighted by Gasteiger charge is 2.04. The molecule has 0 atom stereocenters. The van der Waals surface area contributed by atoms with Crippen LogP contribution < -0.4 is 9.47 Å². The van der Waals surface area contributed by atoms with E-state index in [9.17, 15) is 4.79 Å². The molecule has 0 unspecified atom stereocenters. The zero-order valence-electron chi connectivity index (χ0n) is 13.6. The van der Waals surface area contributed by atoms with Gasteiger partial charge >= 0.3 is 5.97 Å². The third-order valence-electron chi connectivity index (χ3n) is 3.04. The summed E-state index contributed by atoms with van der Waals surface area (Å²) in [5.41, 5.74) is 2.13. The summed E-state index contributed by atoms with van der Waals surface area (Å²) in [5, 5.41) is 7.98. The van der Waals surface area contributed by atoms with Crippen molar-refractivity contribution in [2.75, 3.05) is 7.11 Å². The summed E-state index contributed by atoms with van der Waals surface area (Å²) in [6, 6.07) is 14.4. The summed E-state index contributed by atoms with van der Waals surface area (Å²) in [6.07, 6.45) is 3.27. The second kappa shape index (κ2) is 8.43. The molecule has 0 spiro atoms. The van der Waals surface area contributed by atoms with Crippen LogP contribution in [0.15, 0.2) is 70.9 Å². The van der Waals surface area contributed by atoms with E-state index in [1.54, 1.807) is 50.7 Å². The van der Waals surface area contributed by atoms with Gasteiger partial charge < -0.3 is 9.47 Å². The highest BCUT2D eigenvalue weighted by atomic mass is 16.5. The summed E-state index contributed by atoms with van der Waals surface area (Å²) in [5.74, 6) is 0.811. The first-order valence-corrected chi connectivity index (χ1v) is 7.26. The number of hydrogen-bond acceptors (Lipinski definition) is 5. The Morgan fingerprint density at radius 1 is 0.917 bits per heavy atom. The Morgan fingerprint density at radius 3 is 1.79 bits per heavy atom. The van der Waals surface area contributed by atoms with Crippen LogP contribution in [-0.4, -0.2) is 25.5 Å². The molecule has 2 aromatic rings. The fourth-order valence-electron chi connectivity index (χ4n) is 1.71. The van der Waals surface area contributed by atoms with Crippen LogP contribution in [0.2, 0.25) is 0 Å².